The summed E-state index contributed by atoms with van der Waals surface area (Å²) in [5.74, 6) is 0. The average Bonchev–Trinajstić information content (AvgIpc) is 4.12. The fourth-order valence-electron chi connectivity index (χ4n) is 10.2. The van der Waals surface area contributed by atoms with Crippen molar-refractivity contribution in [2.24, 2.45) is 0 Å². The average molecular weight is 849 g/mol. The molecule has 0 amide bonds. The van der Waals surface area contributed by atoms with Crippen molar-refractivity contribution in [1.29, 1.82) is 0 Å². The number of fused-ring (bicyclic) bond motifs is 12. The molecule has 0 saturated heterocycles. The Morgan fingerprint density at radius 2 is 0.719 bits per heavy atom. The molecule has 0 fully saturated rings. The number of furan rings is 1. The molecule has 64 heavy (non-hydrogen) atoms. The van der Waals surface area contributed by atoms with Gasteiger partial charge in [0, 0.05) is 51.1 Å². The van der Waals surface area contributed by atoms with Gasteiger partial charge in [-0.05, 0) is 157 Å². The van der Waals surface area contributed by atoms with E-state index >= 15 is 0 Å². The number of rotatable bonds is 5. The smallest absolute Gasteiger partial charge is 0.135 e. The van der Waals surface area contributed by atoms with Gasteiger partial charge in [0.2, 0.25) is 0 Å². The molecule has 1 nitrogen and oxygen atoms in total. The maximum Gasteiger partial charge on any atom is 0.135 e. The number of benzene rings is 10. The van der Waals surface area contributed by atoms with Gasteiger partial charge < -0.3 is 4.42 Å². The lowest BCUT2D eigenvalue weighted by Crippen LogP contribution is -1.85. The van der Waals surface area contributed by atoms with Gasteiger partial charge in [-0.15, -0.1) is 22.7 Å². The lowest BCUT2D eigenvalue weighted by molar-refractivity contribution is 0.669. The first kappa shape index (κ1) is 36.0. The third-order valence-corrected chi connectivity index (χ3v) is 15.8. The molecule has 0 bridgehead atoms. The van der Waals surface area contributed by atoms with Gasteiger partial charge in [-0.25, -0.2) is 0 Å². The topological polar surface area (TPSA) is 13.1 Å². The molecule has 3 aromatic heterocycles. The Morgan fingerprint density at radius 1 is 0.266 bits per heavy atom. The molecule has 3 heteroatoms. The van der Waals surface area contributed by atoms with Gasteiger partial charge in [-0.2, -0.15) is 0 Å². The van der Waals surface area contributed by atoms with E-state index in [9.17, 15) is 0 Å². The normalized spacial score (nSPS) is 12.3. The van der Waals surface area contributed by atoms with Crippen LogP contribution in [0.15, 0.2) is 211 Å². The Morgan fingerprint density at radius 3 is 1.33 bits per heavy atom. The molecule has 1 aliphatic carbocycles. The second-order valence-corrected chi connectivity index (χ2v) is 19.4. The summed E-state index contributed by atoms with van der Waals surface area (Å²) < 4.78 is 11.6. The summed E-state index contributed by atoms with van der Waals surface area (Å²) in [4.78, 5) is 0. The van der Waals surface area contributed by atoms with Crippen LogP contribution in [0.3, 0.4) is 0 Å². The molecule has 1 aliphatic rings. The summed E-state index contributed by atoms with van der Waals surface area (Å²) >= 11 is 3.79. The molecular weight excluding hydrogens is 813 g/mol. The summed E-state index contributed by atoms with van der Waals surface area (Å²) in [6.07, 6.45) is 0.970. The zero-order chi connectivity index (χ0) is 41.9. The van der Waals surface area contributed by atoms with Crippen LogP contribution in [0, 0.1) is 0 Å². The lowest BCUT2D eigenvalue weighted by Gasteiger charge is -2.09. The van der Waals surface area contributed by atoms with Crippen molar-refractivity contribution >= 4 is 85.0 Å². The lowest BCUT2D eigenvalue weighted by atomic mass is 9.95. The highest BCUT2D eigenvalue weighted by atomic mass is 32.1. The molecule has 10 aromatic carbocycles. The maximum atomic E-state index is 6.32. The summed E-state index contributed by atoms with van der Waals surface area (Å²) in [7, 11) is 0. The van der Waals surface area contributed by atoms with E-state index in [1.807, 2.05) is 22.7 Å². The molecule has 0 unspecified atom stereocenters. The Hall–Kier alpha value is -7.56. The van der Waals surface area contributed by atoms with Gasteiger partial charge in [0.1, 0.15) is 11.2 Å². The minimum absolute atomic E-state index is 0.913. The Balaban J connectivity index is 0.810. The van der Waals surface area contributed by atoms with E-state index in [-0.39, 0.29) is 0 Å². The van der Waals surface area contributed by atoms with Crippen molar-refractivity contribution in [1.82, 2.24) is 0 Å². The van der Waals surface area contributed by atoms with E-state index in [0.717, 1.165) is 28.4 Å². The number of hydrogen-bond donors (Lipinski definition) is 0. The van der Waals surface area contributed by atoms with E-state index in [2.05, 4.69) is 206 Å². The predicted octanol–water partition coefficient (Wildman–Crippen LogP) is 18.2. The highest BCUT2D eigenvalue weighted by molar-refractivity contribution is 7.28. The SMILES string of the molecule is c1ccc(-c2ccc3c(c2)-c2ccc(-c4cccc(-c5ccc6sc7cc8sc9ccc(-c%10ccc%11oc%12ccc(-c%13ccccc%13)cc%12c%11c%10)cc9c8cc7c6c5)c4)cc2C3)cc1. The fourth-order valence-corrected chi connectivity index (χ4v) is 12.5. The fraction of sp³-hybridized carbons (Fsp3) is 0.0164. The molecule has 13 aromatic rings. The molecule has 0 saturated carbocycles. The Bertz CT molecular complexity index is 4030. The highest BCUT2D eigenvalue weighted by Crippen LogP contribution is 2.45. The van der Waals surface area contributed by atoms with Crippen molar-refractivity contribution < 1.29 is 4.42 Å². The van der Waals surface area contributed by atoms with Crippen LogP contribution in [-0.2, 0) is 6.42 Å². The largest absolute Gasteiger partial charge is 0.456 e. The molecule has 0 radical (unpaired) electrons. The van der Waals surface area contributed by atoms with Crippen LogP contribution >= 0.6 is 22.7 Å². The van der Waals surface area contributed by atoms with Crippen LogP contribution in [-0.4, -0.2) is 0 Å². The van der Waals surface area contributed by atoms with Crippen LogP contribution in [0.5, 0.6) is 0 Å². The van der Waals surface area contributed by atoms with Gasteiger partial charge in [0.15, 0.2) is 0 Å². The van der Waals surface area contributed by atoms with E-state index in [1.165, 1.54) is 118 Å². The van der Waals surface area contributed by atoms with Crippen LogP contribution in [0.1, 0.15) is 11.1 Å². The van der Waals surface area contributed by atoms with Crippen molar-refractivity contribution in [2.75, 3.05) is 0 Å². The first-order valence-electron chi connectivity index (χ1n) is 21.9. The molecule has 298 valence electrons. The second kappa shape index (κ2) is 14.0. The predicted molar refractivity (Wildman–Crippen MR) is 275 cm³/mol. The zero-order valence-electron chi connectivity index (χ0n) is 34.6. The monoisotopic (exact) mass is 848 g/mol. The van der Waals surface area contributed by atoms with Crippen molar-refractivity contribution in [3.8, 4) is 66.8 Å². The first-order valence-corrected chi connectivity index (χ1v) is 23.5. The van der Waals surface area contributed by atoms with Crippen LogP contribution in [0.25, 0.3) is 129 Å². The van der Waals surface area contributed by atoms with E-state index < -0.39 is 0 Å². The minimum atomic E-state index is 0.913. The number of hydrogen-bond acceptors (Lipinski definition) is 3. The van der Waals surface area contributed by atoms with Crippen molar-refractivity contribution in [3.05, 3.63) is 217 Å². The van der Waals surface area contributed by atoms with Gasteiger partial charge in [-0.3, -0.25) is 0 Å². The zero-order valence-corrected chi connectivity index (χ0v) is 36.2. The third-order valence-electron chi connectivity index (χ3n) is 13.5. The molecule has 0 aliphatic heterocycles. The van der Waals surface area contributed by atoms with Crippen molar-refractivity contribution in [2.45, 2.75) is 6.42 Å². The maximum absolute atomic E-state index is 6.32. The molecule has 0 spiro atoms. The van der Waals surface area contributed by atoms with E-state index in [1.54, 1.807) is 0 Å². The van der Waals surface area contributed by atoms with E-state index in [4.69, 9.17) is 4.42 Å². The molecule has 0 N–H and O–H groups in total. The van der Waals surface area contributed by atoms with Gasteiger partial charge in [0.25, 0.3) is 0 Å². The van der Waals surface area contributed by atoms with Crippen LogP contribution in [0.2, 0.25) is 0 Å². The summed E-state index contributed by atoms with van der Waals surface area (Å²) in [5, 5.41) is 7.55. The van der Waals surface area contributed by atoms with Gasteiger partial charge >= 0.3 is 0 Å². The molecule has 14 rings (SSSR count). The van der Waals surface area contributed by atoms with Crippen molar-refractivity contribution in [3.63, 3.8) is 0 Å². The summed E-state index contributed by atoms with van der Waals surface area (Å²) in [5.41, 5.74) is 19.7. The minimum Gasteiger partial charge on any atom is -0.456 e. The molecule has 0 atom stereocenters. The van der Waals surface area contributed by atoms with Gasteiger partial charge in [-0.1, -0.05) is 133 Å². The standard InChI is InChI=1S/C61H36OS2/c1-3-8-36(9-4-1)41-14-15-46-28-47-27-40(16-21-48(47)49(46)29-41)38-12-7-13-39(26-38)44-19-24-58-52(32-44)54-34-55-53-33-45(20-25-59(53)64-61(55)35-60(54)63-58)43-18-23-57-51(31-43)50-30-42(17-22-56(50)62-57)37-10-5-2-6-11-37/h1-27,29-35H,28H2. The Labute approximate surface area is 377 Å². The quantitative estimate of drug-likeness (QED) is 0.168. The first-order chi connectivity index (χ1) is 31.6. The van der Waals surface area contributed by atoms with Gasteiger partial charge in [0.05, 0.1) is 0 Å². The van der Waals surface area contributed by atoms with Crippen LogP contribution < -0.4 is 0 Å². The summed E-state index contributed by atoms with van der Waals surface area (Å²) in [6.45, 7) is 0. The third kappa shape index (κ3) is 5.75. The van der Waals surface area contributed by atoms with Crippen LogP contribution in [0.4, 0.5) is 0 Å². The molecule has 3 heterocycles. The number of thiophene rings is 2. The van der Waals surface area contributed by atoms with E-state index in [0.29, 0.717) is 0 Å². The Kier molecular flexibility index (Phi) is 7.85. The molecular formula is C61H36OS2. The highest BCUT2D eigenvalue weighted by Gasteiger charge is 2.20. The summed E-state index contributed by atoms with van der Waals surface area (Å²) in [6, 6.07) is 76.4. The second-order valence-electron chi connectivity index (χ2n) is 17.2.